The van der Waals surface area contributed by atoms with Gasteiger partial charge in [0.1, 0.15) is 9.41 Å². The van der Waals surface area contributed by atoms with Gasteiger partial charge in [0.15, 0.2) is 0 Å². The summed E-state index contributed by atoms with van der Waals surface area (Å²) in [7, 11) is 0. The quantitative estimate of drug-likeness (QED) is 0.370. The first-order valence-corrected chi connectivity index (χ1v) is 9.47. The number of hydrogen-bond donors (Lipinski definition) is 3. The molecule has 0 aliphatic heterocycles. The molecule has 2 heterocycles. The molecule has 9 heteroatoms. The number of pyridine rings is 1. The van der Waals surface area contributed by atoms with Crippen LogP contribution in [-0.4, -0.2) is 27.1 Å². The van der Waals surface area contributed by atoms with Crippen LogP contribution >= 0.6 is 22.6 Å². The highest BCUT2D eigenvalue weighted by Gasteiger charge is 2.38. The maximum Gasteiger partial charge on any atom is 0.433 e. The fraction of sp³-hybridized carbons (Fsp3) is 0.278. The predicted octanol–water partition coefficient (Wildman–Crippen LogP) is 4.48. The summed E-state index contributed by atoms with van der Waals surface area (Å²) in [6, 6.07) is 3.59. The van der Waals surface area contributed by atoms with Gasteiger partial charge in [-0.15, -0.1) is 0 Å². The highest BCUT2D eigenvalue weighted by atomic mass is 127. The summed E-state index contributed by atoms with van der Waals surface area (Å²) in [5, 5.41) is 16.7. The minimum Gasteiger partial charge on any atom is -0.404 e. The molecule has 0 amide bonds. The highest BCUT2D eigenvalue weighted by Crippen LogP contribution is 2.38. The number of allylic oxidation sites excluding steroid dienone is 1. The van der Waals surface area contributed by atoms with E-state index in [9.17, 15) is 13.2 Å². The number of hydrogen-bond acceptors (Lipinski definition) is 4. The largest absolute Gasteiger partial charge is 0.433 e. The number of fused-ring (bicyclic) bond motifs is 5. The number of alkyl halides is 3. The molecule has 4 rings (SSSR count). The lowest BCUT2D eigenvalue weighted by Gasteiger charge is -2.23. The monoisotopic (exact) mass is 485 g/mol. The molecule has 140 valence electrons. The summed E-state index contributed by atoms with van der Waals surface area (Å²) < 4.78 is 40.3. The minimum absolute atomic E-state index is 0.167. The van der Waals surface area contributed by atoms with Crippen LogP contribution in [0.5, 0.6) is 0 Å². The van der Waals surface area contributed by atoms with Gasteiger partial charge in [-0.3, -0.25) is 10.5 Å². The Morgan fingerprint density at radius 1 is 1.19 bits per heavy atom. The summed E-state index contributed by atoms with van der Waals surface area (Å²) in [6.45, 7) is 0. The van der Waals surface area contributed by atoms with Crippen LogP contribution in [0.4, 0.5) is 13.2 Å². The Kier molecular flexibility index (Phi) is 4.36. The molecule has 0 radical (unpaired) electrons. The van der Waals surface area contributed by atoms with Crippen LogP contribution in [-0.2, 0) is 12.8 Å². The van der Waals surface area contributed by atoms with E-state index < -0.39 is 11.9 Å². The first kappa shape index (κ1) is 18.2. The summed E-state index contributed by atoms with van der Waals surface area (Å²) in [5.74, 6) is 0. The van der Waals surface area contributed by atoms with Crippen molar-refractivity contribution in [1.29, 1.82) is 5.41 Å². The average Bonchev–Trinajstić information content (AvgIpc) is 3.02. The van der Waals surface area contributed by atoms with E-state index in [0.717, 1.165) is 56.6 Å². The molecule has 0 unspecified atom stereocenters. The summed E-state index contributed by atoms with van der Waals surface area (Å²) in [6.07, 6.45) is -0.760. The van der Waals surface area contributed by atoms with E-state index in [0.29, 0.717) is 11.9 Å². The third-order valence-electron chi connectivity index (χ3n) is 4.93. The summed E-state index contributed by atoms with van der Waals surface area (Å²) >= 11 is 2.14. The van der Waals surface area contributed by atoms with Crippen molar-refractivity contribution in [2.24, 2.45) is 5.73 Å². The van der Waals surface area contributed by atoms with E-state index in [1.54, 1.807) is 6.07 Å². The molecule has 2 aromatic heterocycles. The lowest BCUT2D eigenvalue weighted by molar-refractivity contribution is -0.0578. The molecule has 0 saturated carbocycles. The SMILES string of the molecule is N=C(/C(=C\N)c1nc2ccc3[nH]nc(I)c3c2c2c1CCCC2)C(F)(F)F. The Morgan fingerprint density at radius 3 is 2.56 bits per heavy atom. The lowest BCUT2D eigenvalue weighted by Crippen LogP contribution is -2.25. The lowest BCUT2D eigenvalue weighted by atomic mass is 9.85. The molecule has 3 aromatic rings. The first-order valence-electron chi connectivity index (χ1n) is 8.39. The van der Waals surface area contributed by atoms with Gasteiger partial charge in [-0.25, -0.2) is 4.98 Å². The van der Waals surface area contributed by atoms with E-state index in [-0.39, 0.29) is 11.3 Å². The number of nitrogens with two attached hydrogens (primary N) is 1. The molecule has 1 aromatic carbocycles. The second-order valence-corrected chi connectivity index (χ2v) is 7.50. The van der Waals surface area contributed by atoms with Crippen molar-refractivity contribution in [2.75, 3.05) is 0 Å². The van der Waals surface area contributed by atoms with Gasteiger partial charge < -0.3 is 5.73 Å². The molecule has 0 atom stereocenters. The first-order chi connectivity index (χ1) is 12.8. The molecule has 0 bridgehead atoms. The van der Waals surface area contributed by atoms with Gasteiger partial charge >= 0.3 is 6.18 Å². The number of rotatable bonds is 2. The maximum atomic E-state index is 13.2. The van der Waals surface area contributed by atoms with Crippen molar-refractivity contribution in [3.8, 4) is 0 Å². The fourth-order valence-electron chi connectivity index (χ4n) is 3.75. The van der Waals surface area contributed by atoms with E-state index in [2.05, 4.69) is 37.8 Å². The molecular formula is C18H15F3IN5. The number of H-pyrrole nitrogens is 1. The third kappa shape index (κ3) is 2.88. The van der Waals surface area contributed by atoms with Gasteiger partial charge in [0.05, 0.1) is 16.7 Å². The highest BCUT2D eigenvalue weighted by molar-refractivity contribution is 14.1. The number of aromatic nitrogens is 3. The molecule has 1 aliphatic carbocycles. The molecule has 27 heavy (non-hydrogen) atoms. The maximum absolute atomic E-state index is 13.2. The smallest absolute Gasteiger partial charge is 0.404 e. The van der Waals surface area contributed by atoms with Crippen molar-refractivity contribution < 1.29 is 13.2 Å². The Labute approximate surface area is 165 Å². The van der Waals surface area contributed by atoms with E-state index >= 15 is 0 Å². The normalized spacial score (nSPS) is 15.3. The molecular weight excluding hydrogens is 470 g/mol. The van der Waals surface area contributed by atoms with E-state index in [1.807, 2.05) is 6.07 Å². The van der Waals surface area contributed by atoms with Crippen LogP contribution in [0.15, 0.2) is 18.3 Å². The summed E-state index contributed by atoms with van der Waals surface area (Å²) in [4.78, 5) is 4.53. The Morgan fingerprint density at radius 2 is 1.89 bits per heavy atom. The standard InChI is InChI=1S/C18H15F3IN5/c19-18(20,21)16(24)10(7-23)15-9-4-2-1-3-8(9)13-11(25-15)5-6-12-14(13)17(22)27-26-12/h5-7,24H,1-4,23H2,(H,26,27)/b10-7-,24-16?. The van der Waals surface area contributed by atoms with Crippen LogP contribution in [0.2, 0.25) is 0 Å². The summed E-state index contributed by atoms with van der Waals surface area (Å²) in [5.41, 5.74) is 7.04. The van der Waals surface area contributed by atoms with Gasteiger partial charge in [0.2, 0.25) is 0 Å². The van der Waals surface area contributed by atoms with E-state index in [4.69, 9.17) is 11.1 Å². The van der Waals surface area contributed by atoms with Crippen LogP contribution in [0.3, 0.4) is 0 Å². The van der Waals surface area contributed by atoms with Gasteiger partial charge in [-0.1, -0.05) is 0 Å². The number of nitrogens with one attached hydrogen (secondary N) is 2. The molecule has 5 nitrogen and oxygen atoms in total. The topological polar surface area (TPSA) is 91.4 Å². The number of nitrogens with zero attached hydrogens (tertiary/aromatic N) is 2. The Bertz CT molecular complexity index is 1110. The Hall–Kier alpha value is -2.17. The molecule has 0 saturated heterocycles. The van der Waals surface area contributed by atoms with Crippen LogP contribution in [0.25, 0.3) is 27.4 Å². The van der Waals surface area contributed by atoms with Crippen LogP contribution < -0.4 is 5.73 Å². The number of halogens is 4. The zero-order chi connectivity index (χ0) is 19.3. The molecule has 0 spiro atoms. The van der Waals surface area contributed by atoms with Crippen molar-refractivity contribution in [3.63, 3.8) is 0 Å². The minimum atomic E-state index is -4.78. The number of aryl methyl sites for hydroxylation is 1. The zero-order valence-corrected chi connectivity index (χ0v) is 16.2. The predicted molar refractivity (Wildman–Crippen MR) is 107 cm³/mol. The molecule has 1 aliphatic rings. The van der Waals surface area contributed by atoms with Crippen molar-refractivity contribution in [1.82, 2.24) is 15.2 Å². The van der Waals surface area contributed by atoms with Crippen molar-refractivity contribution >= 4 is 55.7 Å². The van der Waals surface area contributed by atoms with Crippen LogP contribution in [0.1, 0.15) is 29.7 Å². The number of benzene rings is 1. The second kappa shape index (κ2) is 6.47. The fourth-order valence-corrected chi connectivity index (χ4v) is 4.43. The third-order valence-corrected chi connectivity index (χ3v) is 5.71. The van der Waals surface area contributed by atoms with Gasteiger partial charge in [-0.2, -0.15) is 18.3 Å². The second-order valence-electron chi connectivity index (χ2n) is 6.47. The molecule has 0 fully saturated rings. The van der Waals surface area contributed by atoms with Crippen LogP contribution in [0, 0.1) is 9.11 Å². The number of aromatic amines is 1. The van der Waals surface area contributed by atoms with Crippen molar-refractivity contribution in [3.05, 3.63) is 38.9 Å². The van der Waals surface area contributed by atoms with E-state index in [1.165, 1.54) is 0 Å². The molecule has 4 N–H and O–H groups in total. The van der Waals surface area contributed by atoms with Gasteiger partial charge in [-0.05, 0) is 71.5 Å². The van der Waals surface area contributed by atoms with Gasteiger partial charge in [0.25, 0.3) is 0 Å². The van der Waals surface area contributed by atoms with Gasteiger partial charge in [0, 0.05) is 22.5 Å². The zero-order valence-electron chi connectivity index (χ0n) is 14.0. The Balaban J connectivity index is 2.08. The average molecular weight is 485 g/mol. The van der Waals surface area contributed by atoms with Crippen molar-refractivity contribution in [2.45, 2.75) is 31.9 Å².